The van der Waals surface area contributed by atoms with Crippen molar-refractivity contribution >= 4 is 68.7 Å². The summed E-state index contributed by atoms with van der Waals surface area (Å²) in [5.41, 5.74) is 5.05. The van der Waals surface area contributed by atoms with Gasteiger partial charge in [0.2, 0.25) is 5.91 Å². The predicted octanol–water partition coefficient (Wildman–Crippen LogP) is 6.32. The lowest BCUT2D eigenvalue weighted by molar-refractivity contribution is -0.122. The monoisotopic (exact) mass is 896 g/mol. The smallest absolute Gasteiger partial charge is 0.305 e. The number of carbonyl (C=O) groups is 2. The van der Waals surface area contributed by atoms with E-state index in [0.717, 1.165) is 19.3 Å². The standard InChI is InChI=1S/C42H34Cl2N16O4/c1-57-39(51-53-55-57)59-31-15-6-13-29(43)35(31)49-41(59)63-21-27-12-5-17-33(45-27)47-38(62)25-11-4-10-24(18-25)26-19-28(46-34(20-26)48-37(61)23-8-3-9-23)22-64-42-50-36-30(44)14-7-16-32(36)60(42)40-52-54-56-58(40)2/h4-7,10-20,23H,3,8-9,21-22H2,1-2H3,(H,45,47,62)(H,46,48,61). The third-order valence-corrected chi connectivity index (χ3v) is 11.2. The second kappa shape index (κ2) is 16.8. The van der Waals surface area contributed by atoms with Crippen LogP contribution in [-0.2, 0) is 32.1 Å². The molecule has 0 atom stereocenters. The number of tetrazole rings is 2. The van der Waals surface area contributed by atoms with E-state index in [-0.39, 0.29) is 37.1 Å². The number of hydrogen-bond donors (Lipinski definition) is 2. The van der Waals surface area contributed by atoms with Gasteiger partial charge in [0.15, 0.2) is 0 Å². The lowest BCUT2D eigenvalue weighted by atomic mass is 9.85. The van der Waals surface area contributed by atoms with Gasteiger partial charge in [-0.15, -0.1) is 0 Å². The molecule has 6 aromatic heterocycles. The van der Waals surface area contributed by atoms with Crippen molar-refractivity contribution < 1.29 is 19.1 Å². The molecule has 0 bridgehead atoms. The number of benzene rings is 3. The second-order valence-electron chi connectivity index (χ2n) is 14.9. The predicted molar refractivity (Wildman–Crippen MR) is 233 cm³/mol. The summed E-state index contributed by atoms with van der Waals surface area (Å²) < 4.78 is 18.8. The van der Waals surface area contributed by atoms with Gasteiger partial charge in [0.05, 0.1) is 32.5 Å². The summed E-state index contributed by atoms with van der Waals surface area (Å²) in [6.07, 6.45) is 2.64. The first-order chi connectivity index (χ1) is 31.2. The highest BCUT2D eigenvalue weighted by Crippen LogP contribution is 2.33. The summed E-state index contributed by atoms with van der Waals surface area (Å²) in [6, 6.07) is 27.0. The van der Waals surface area contributed by atoms with Crippen LogP contribution in [0.3, 0.4) is 0 Å². The van der Waals surface area contributed by atoms with Gasteiger partial charge in [0.1, 0.15) is 35.9 Å². The number of halogens is 2. The summed E-state index contributed by atoms with van der Waals surface area (Å²) in [6.45, 7) is -0.0512. The van der Waals surface area contributed by atoms with Gasteiger partial charge in [-0.1, -0.05) is 70.2 Å². The van der Waals surface area contributed by atoms with E-state index in [1.807, 2.05) is 24.3 Å². The number of carbonyl (C=O) groups excluding carboxylic acids is 2. The van der Waals surface area contributed by atoms with E-state index in [1.54, 1.807) is 90.0 Å². The Morgan fingerprint density at radius 2 is 1.25 bits per heavy atom. The zero-order valence-corrected chi connectivity index (χ0v) is 35.4. The third kappa shape index (κ3) is 7.79. The van der Waals surface area contributed by atoms with Crippen LogP contribution in [0.4, 0.5) is 11.6 Å². The number of ether oxygens (including phenoxy) is 2. The Labute approximate surface area is 372 Å². The van der Waals surface area contributed by atoms with Gasteiger partial charge in [-0.2, -0.15) is 9.97 Å². The van der Waals surface area contributed by atoms with Crippen LogP contribution in [-0.4, -0.2) is 81.3 Å². The fraction of sp³-hybridized carbons (Fsp3) is 0.190. The Balaban J connectivity index is 0.894. The number of nitrogens with zero attached hydrogens (tertiary/aromatic N) is 14. The summed E-state index contributed by atoms with van der Waals surface area (Å²) in [7, 11) is 3.41. The minimum atomic E-state index is -0.398. The molecule has 6 heterocycles. The maximum Gasteiger partial charge on any atom is 0.305 e. The molecule has 22 heteroatoms. The van der Waals surface area contributed by atoms with Gasteiger partial charge in [0.25, 0.3) is 17.8 Å². The second-order valence-corrected chi connectivity index (χ2v) is 15.7. The molecule has 1 aliphatic carbocycles. The van der Waals surface area contributed by atoms with Crippen LogP contribution in [0.5, 0.6) is 12.0 Å². The van der Waals surface area contributed by atoms with Crippen LogP contribution in [0, 0.1) is 5.92 Å². The molecule has 9 aromatic rings. The van der Waals surface area contributed by atoms with Crippen molar-refractivity contribution in [2.75, 3.05) is 10.6 Å². The molecule has 10 rings (SSSR count). The Bertz CT molecular complexity index is 3250. The lowest BCUT2D eigenvalue weighted by Gasteiger charge is -2.24. The van der Waals surface area contributed by atoms with Crippen molar-refractivity contribution in [1.29, 1.82) is 0 Å². The van der Waals surface area contributed by atoms with E-state index >= 15 is 0 Å². The van der Waals surface area contributed by atoms with Gasteiger partial charge in [-0.3, -0.25) is 9.59 Å². The third-order valence-electron chi connectivity index (χ3n) is 10.6. The van der Waals surface area contributed by atoms with E-state index in [0.29, 0.717) is 83.7 Å². The largest absolute Gasteiger partial charge is 0.458 e. The molecule has 0 unspecified atom stereocenters. The maximum absolute atomic E-state index is 13.8. The number of fused-ring (bicyclic) bond motifs is 2. The van der Waals surface area contributed by atoms with Gasteiger partial charge >= 0.3 is 12.0 Å². The molecule has 0 radical (unpaired) electrons. The Morgan fingerprint density at radius 1 is 0.656 bits per heavy atom. The van der Waals surface area contributed by atoms with Gasteiger partial charge in [-0.25, -0.2) is 28.5 Å². The number of hydrogen-bond acceptors (Lipinski definition) is 14. The zero-order valence-electron chi connectivity index (χ0n) is 33.9. The molecule has 0 spiro atoms. The SMILES string of the molecule is Cn1nnnc1-n1c(OCc2cccc(NC(=O)c3cccc(-c4cc(COc5nc6c(Cl)cccc6n5-c5nnnn5C)nc(NC(=O)C5CCC5)c4)c3)n2)nc2c(Cl)cccc21. The summed E-state index contributed by atoms with van der Waals surface area (Å²) in [4.78, 5) is 45.6. The van der Waals surface area contributed by atoms with Crippen molar-refractivity contribution in [3.05, 3.63) is 118 Å². The van der Waals surface area contributed by atoms with E-state index in [1.165, 1.54) is 9.36 Å². The van der Waals surface area contributed by atoms with Crippen molar-refractivity contribution in [2.45, 2.75) is 32.5 Å². The molecule has 20 nitrogen and oxygen atoms in total. The molecule has 0 saturated heterocycles. The topological polar surface area (TPSA) is 225 Å². The average molecular weight is 898 g/mol. The molecule has 320 valence electrons. The number of aromatic nitrogens is 14. The van der Waals surface area contributed by atoms with Gasteiger partial charge in [-0.05, 0) is 105 Å². The molecule has 0 aliphatic heterocycles. The number of nitrogens with one attached hydrogen (secondary N) is 2. The van der Waals surface area contributed by atoms with Crippen molar-refractivity contribution in [2.24, 2.45) is 20.0 Å². The fourth-order valence-electron chi connectivity index (χ4n) is 7.22. The van der Waals surface area contributed by atoms with Crippen LogP contribution < -0.4 is 20.1 Å². The fourth-order valence-corrected chi connectivity index (χ4v) is 7.65. The first-order valence-electron chi connectivity index (χ1n) is 19.9. The van der Waals surface area contributed by atoms with Gasteiger partial charge in [0, 0.05) is 25.6 Å². The van der Waals surface area contributed by atoms with Crippen LogP contribution >= 0.6 is 23.2 Å². The van der Waals surface area contributed by atoms with Crippen molar-refractivity contribution in [1.82, 2.24) is 69.5 Å². The lowest BCUT2D eigenvalue weighted by Crippen LogP contribution is -2.28. The van der Waals surface area contributed by atoms with Crippen LogP contribution in [0.15, 0.2) is 91.0 Å². The van der Waals surface area contributed by atoms with Crippen molar-refractivity contribution in [3.8, 4) is 35.0 Å². The Morgan fingerprint density at radius 3 is 1.84 bits per heavy atom. The van der Waals surface area contributed by atoms with Crippen LogP contribution in [0.2, 0.25) is 10.0 Å². The van der Waals surface area contributed by atoms with Crippen LogP contribution in [0.25, 0.3) is 45.1 Å². The number of aryl methyl sites for hydroxylation is 2. The summed E-state index contributed by atoms with van der Waals surface area (Å²) in [5.74, 6) is 0.802. The molecule has 64 heavy (non-hydrogen) atoms. The number of pyridine rings is 2. The number of imidazole rings is 2. The number of rotatable bonds is 13. The highest BCUT2D eigenvalue weighted by Gasteiger charge is 2.26. The molecule has 3 aromatic carbocycles. The van der Waals surface area contributed by atoms with E-state index in [4.69, 9.17) is 37.7 Å². The molecule has 2 amide bonds. The Kier molecular flexibility index (Phi) is 10.6. The Hall–Kier alpha value is -7.84. The maximum atomic E-state index is 13.8. The molecular weight excluding hydrogens is 863 g/mol. The highest BCUT2D eigenvalue weighted by atomic mass is 35.5. The summed E-state index contributed by atoms with van der Waals surface area (Å²) >= 11 is 13.0. The number of amides is 2. The summed E-state index contributed by atoms with van der Waals surface area (Å²) in [5, 5.41) is 30.5. The first kappa shape index (κ1) is 40.2. The van der Waals surface area contributed by atoms with Crippen LogP contribution in [0.1, 0.15) is 41.0 Å². The minimum absolute atomic E-state index is 0.00259. The van der Waals surface area contributed by atoms with E-state index < -0.39 is 5.91 Å². The van der Waals surface area contributed by atoms with E-state index in [2.05, 4.69) is 56.6 Å². The highest BCUT2D eigenvalue weighted by molar-refractivity contribution is 6.35. The molecule has 1 saturated carbocycles. The minimum Gasteiger partial charge on any atom is -0.458 e. The normalized spacial score (nSPS) is 12.7. The molecular formula is C42H34Cl2N16O4. The van der Waals surface area contributed by atoms with Crippen molar-refractivity contribution in [3.63, 3.8) is 0 Å². The van der Waals surface area contributed by atoms with Gasteiger partial charge < -0.3 is 20.1 Å². The van der Waals surface area contributed by atoms with E-state index in [9.17, 15) is 9.59 Å². The molecule has 1 aliphatic rings. The first-order valence-corrected chi connectivity index (χ1v) is 20.7. The number of para-hydroxylation sites is 2. The average Bonchev–Trinajstić information content (AvgIpc) is 4.07. The number of anilines is 2. The molecule has 2 N–H and O–H groups in total. The quantitative estimate of drug-likeness (QED) is 0.129. The molecule has 1 fully saturated rings. The zero-order chi connectivity index (χ0) is 43.9.